The topological polar surface area (TPSA) is 208 Å². The molecule has 0 bridgehead atoms. The van der Waals surface area contributed by atoms with Crippen LogP contribution < -0.4 is 21.3 Å². The maximum atomic E-state index is 13.6. The van der Waals surface area contributed by atoms with Crippen LogP contribution in [-0.2, 0) is 33.6 Å². The Labute approximate surface area is 260 Å². The molecular formula is C31H52N4O9. The first kappa shape index (κ1) is 38.5. The molecule has 1 aliphatic carbocycles. The van der Waals surface area contributed by atoms with Gasteiger partial charge in [0, 0.05) is 18.3 Å². The summed E-state index contributed by atoms with van der Waals surface area (Å²) < 4.78 is 0. The monoisotopic (exact) mass is 624 g/mol. The molecule has 1 fully saturated rings. The average molecular weight is 625 g/mol. The number of carbonyl (C=O) groups excluding carboxylic acids is 5. The molecule has 250 valence electrons. The fourth-order valence-corrected chi connectivity index (χ4v) is 5.30. The third-order valence-electron chi connectivity index (χ3n) is 7.95. The smallest absolute Gasteiger partial charge is 0.326 e. The van der Waals surface area contributed by atoms with Crippen LogP contribution in [0.2, 0.25) is 0 Å². The van der Waals surface area contributed by atoms with E-state index < -0.39 is 72.1 Å². The van der Waals surface area contributed by atoms with E-state index in [1.54, 1.807) is 34.6 Å². The van der Waals surface area contributed by atoms with Gasteiger partial charge in [0.25, 0.3) is 0 Å². The molecule has 6 N–H and O–H groups in total. The molecule has 0 aromatic carbocycles. The van der Waals surface area contributed by atoms with E-state index in [1.165, 1.54) is 0 Å². The van der Waals surface area contributed by atoms with Gasteiger partial charge >= 0.3 is 11.9 Å². The first-order chi connectivity index (χ1) is 20.4. The Balaban J connectivity index is 3.31. The van der Waals surface area contributed by atoms with Gasteiger partial charge < -0.3 is 31.5 Å². The number of carbonyl (C=O) groups is 7. The minimum absolute atomic E-state index is 0.0697. The lowest BCUT2D eigenvalue weighted by atomic mass is 9.85. The van der Waals surface area contributed by atoms with Crippen molar-refractivity contribution < 1.29 is 43.8 Å². The van der Waals surface area contributed by atoms with Gasteiger partial charge in [0.2, 0.25) is 23.6 Å². The number of amides is 4. The minimum Gasteiger partial charge on any atom is -0.481 e. The molecule has 0 aromatic heterocycles. The van der Waals surface area contributed by atoms with Crippen LogP contribution in [0.4, 0.5) is 0 Å². The van der Waals surface area contributed by atoms with Crippen molar-refractivity contribution in [3.8, 4) is 0 Å². The molecule has 1 rings (SSSR count). The van der Waals surface area contributed by atoms with E-state index in [0.29, 0.717) is 25.7 Å². The molecular weight excluding hydrogens is 572 g/mol. The summed E-state index contributed by atoms with van der Waals surface area (Å²) in [6.45, 7) is 12.5. The summed E-state index contributed by atoms with van der Waals surface area (Å²) in [6, 6.07) is -5.54. The Bertz CT molecular complexity index is 1040. The molecule has 0 saturated heterocycles. The lowest BCUT2D eigenvalue weighted by Gasteiger charge is -2.33. The number of aliphatic carboxylic acids is 2. The zero-order chi connectivity index (χ0) is 33.8. The molecule has 0 radical (unpaired) electrons. The number of ketones is 1. The maximum absolute atomic E-state index is 13.6. The molecule has 0 aromatic rings. The van der Waals surface area contributed by atoms with Crippen LogP contribution >= 0.6 is 0 Å². The zero-order valence-electron chi connectivity index (χ0n) is 27.2. The molecule has 4 amide bonds. The van der Waals surface area contributed by atoms with Crippen LogP contribution in [0.25, 0.3) is 0 Å². The van der Waals surface area contributed by atoms with Crippen molar-refractivity contribution in [2.75, 3.05) is 0 Å². The van der Waals surface area contributed by atoms with Crippen LogP contribution in [0.5, 0.6) is 0 Å². The van der Waals surface area contributed by atoms with Gasteiger partial charge in [-0.2, -0.15) is 0 Å². The van der Waals surface area contributed by atoms with Gasteiger partial charge in [-0.1, -0.05) is 61.3 Å². The van der Waals surface area contributed by atoms with Crippen LogP contribution in [-0.4, -0.2) is 75.7 Å². The summed E-state index contributed by atoms with van der Waals surface area (Å²) in [5, 5.41) is 28.9. The second kappa shape index (κ2) is 17.7. The summed E-state index contributed by atoms with van der Waals surface area (Å²) in [6.07, 6.45) is 2.95. The zero-order valence-corrected chi connectivity index (χ0v) is 27.2. The lowest BCUT2D eigenvalue weighted by Crippen LogP contribution is -2.60. The first-order valence-electron chi connectivity index (χ1n) is 15.6. The van der Waals surface area contributed by atoms with Crippen molar-refractivity contribution in [2.24, 2.45) is 23.2 Å². The Morgan fingerprint density at radius 2 is 1.18 bits per heavy atom. The van der Waals surface area contributed by atoms with Crippen LogP contribution in [0, 0.1) is 23.2 Å². The molecule has 1 aliphatic rings. The molecule has 0 spiro atoms. The van der Waals surface area contributed by atoms with E-state index >= 15 is 0 Å². The van der Waals surface area contributed by atoms with Crippen molar-refractivity contribution in [3.05, 3.63) is 0 Å². The fourth-order valence-electron chi connectivity index (χ4n) is 5.30. The molecule has 13 heteroatoms. The number of carboxylic acid groups (broad SMARTS) is 2. The van der Waals surface area contributed by atoms with Gasteiger partial charge in [-0.3, -0.25) is 28.8 Å². The van der Waals surface area contributed by atoms with E-state index in [1.807, 2.05) is 13.8 Å². The highest BCUT2D eigenvalue weighted by Crippen LogP contribution is 2.27. The Hall–Kier alpha value is -3.51. The molecule has 44 heavy (non-hydrogen) atoms. The molecule has 13 nitrogen and oxygen atoms in total. The van der Waals surface area contributed by atoms with Crippen LogP contribution in [0.3, 0.4) is 0 Å². The maximum Gasteiger partial charge on any atom is 0.326 e. The normalized spacial score (nSPS) is 16.5. The summed E-state index contributed by atoms with van der Waals surface area (Å²) in [5.41, 5.74) is -0.781. The number of carboxylic acids is 2. The summed E-state index contributed by atoms with van der Waals surface area (Å²) in [5.74, 6) is -6.74. The number of hydrogen-bond donors (Lipinski definition) is 6. The SMILES string of the molecule is CCC(CC)C(=O)N[C@H](C(=O)N[C@@H](CC(=O)C1CCCC1)C(=O)N[C@@H](CC(=O)O)C(=O)N[C@@H](CC(C)C)C(=O)O)C(C)(C)C. The molecule has 0 aliphatic heterocycles. The van der Waals surface area contributed by atoms with Crippen molar-refractivity contribution in [1.29, 1.82) is 0 Å². The van der Waals surface area contributed by atoms with E-state index in [0.717, 1.165) is 12.8 Å². The summed E-state index contributed by atoms with van der Waals surface area (Å²) in [4.78, 5) is 89.5. The highest BCUT2D eigenvalue weighted by Gasteiger charge is 2.38. The number of hydrogen-bond acceptors (Lipinski definition) is 7. The van der Waals surface area contributed by atoms with Crippen molar-refractivity contribution in [2.45, 2.75) is 130 Å². The highest BCUT2D eigenvalue weighted by molar-refractivity contribution is 5.98. The van der Waals surface area contributed by atoms with Gasteiger partial charge in [0.15, 0.2) is 0 Å². The molecule has 0 unspecified atom stereocenters. The molecule has 1 saturated carbocycles. The predicted octanol–water partition coefficient (Wildman–Crippen LogP) is 2.16. The van der Waals surface area contributed by atoms with E-state index in [4.69, 9.17) is 0 Å². The Morgan fingerprint density at radius 1 is 0.705 bits per heavy atom. The highest BCUT2D eigenvalue weighted by atomic mass is 16.4. The van der Waals surface area contributed by atoms with Crippen LogP contribution in [0.15, 0.2) is 0 Å². The van der Waals surface area contributed by atoms with E-state index in [-0.39, 0.29) is 35.9 Å². The fraction of sp³-hybridized carbons (Fsp3) is 0.774. The van der Waals surface area contributed by atoms with Gasteiger partial charge in [0.05, 0.1) is 6.42 Å². The number of rotatable bonds is 18. The molecule has 4 atom stereocenters. The molecule has 0 heterocycles. The van der Waals surface area contributed by atoms with E-state index in [2.05, 4.69) is 21.3 Å². The Morgan fingerprint density at radius 3 is 1.61 bits per heavy atom. The largest absolute Gasteiger partial charge is 0.481 e. The summed E-state index contributed by atoms with van der Waals surface area (Å²) in [7, 11) is 0. The summed E-state index contributed by atoms with van der Waals surface area (Å²) >= 11 is 0. The lowest BCUT2D eigenvalue weighted by molar-refractivity contribution is -0.144. The number of nitrogens with one attached hydrogen (secondary N) is 4. The van der Waals surface area contributed by atoms with Crippen LogP contribution in [0.1, 0.15) is 106 Å². The average Bonchev–Trinajstić information content (AvgIpc) is 3.45. The first-order valence-corrected chi connectivity index (χ1v) is 15.6. The standard InChI is InChI=1S/C31H52N4O9/c1-8-18(9-2)26(39)35-25(31(5,6)7)29(42)33-20(15-23(36)19-12-10-11-13-19)27(40)32-21(16-24(37)38)28(41)34-22(30(43)44)14-17(3)4/h17-22,25H,8-16H2,1-7H3,(H,32,40)(H,33,42)(H,34,41)(H,35,39)(H,37,38)(H,43,44)/t20-,21-,22-,25+/m0/s1. The third kappa shape index (κ3) is 12.6. The van der Waals surface area contributed by atoms with Gasteiger partial charge in [-0.15, -0.1) is 0 Å². The number of Topliss-reactive ketones (excluding diaryl/α,β-unsaturated/α-hetero) is 1. The predicted molar refractivity (Wildman–Crippen MR) is 162 cm³/mol. The second-order valence-electron chi connectivity index (χ2n) is 13.2. The van der Waals surface area contributed by atoms with E-state index in [9.17, 15) is 43.8 Å². The van der Waals surface area contributed by atoms with Crippen molar-refractivity contribution in [3.63, 3.8) is 0 Å². The minimum atomic E-state index is -1.68. The van der Waals surface area contributed by atoms with Gasteiger partial charge in [-0.25, -0.2) is 4.79 Å². The quantitative estimate of drug-likeness (QED) is 0.132. The van der Waals surface area contributed by atoms with Gasteiger partial charge in [0.1, 0.15) is 30.0 Å². The van der Waals surface area contributed by atoms with Crippen molar-refractivity contribution in [1.82, 2.24) is 21.3 Å². The van der Waals surface area contributed by atoms with Gasteiger partial charge in [-0.05, 0) is 43.4 Å². The third-order valence-corrected chi connectivity index (χ3v) is 7.95. The Kier molecular flexibility index (Phi) is 15.5. The van der Waals surface area contributed by atoms with Crippen molar-refractivity contribution >= 4 is 41.4 Å². The second-order valence-corrected chi connectivity index (χ2v) is 13.2.